The molecule has 0 aromatic carbocycles. The van der Waals surface area contributed by atoms with Crippen LogP contribution in [-0.4, -0.2) is 53.1 Å². The van der Waals surface area contributed by atoms with Crippen LogP contribution in [0.3, 0.4) is 0 Å². The SMILES string of the molecule is CCCCCCCC/C=C/CC/C=C/CC/C=C/C(O)C(CS(=O)(=O)O)NC(=O)C(O)CCCCCCCC/C=C\CCCCCCCCCCCC. The molecular weight excluding hydrogens is 683 g/mol. The summed E-state index contributed by atoms with van der Waals surface area (Å²) in [6.07, 6.45) is 48.8. The maximum Gasteiger partial charge on any atom is 0.267 e. The molecular formula is C45H83NO6S. The van der Waals surface area contributed by atoms with Gasteiger partial charge in [0, 0.05) is 0 Å². The van der Waals surface area contributed by atoms with E-state index in [-0.39, 0.29) is 6.42 Å². The molecule has 53 heavy (non-hydrogen) atoms. The van der Waals surface area contributed by atoms with Crippen molar-refractivity contribution in [1.82, 2.24) is 5.32 Å². The molecule has 0 radical (unpaired) electrons. The van der Waals surface area contributed by atoms with Crippen LogP contribution in [0.4, 0.5) is 0 Å². The first kappa shape index (κ1) is 51.3. The largest absolute Gasteiger partial charge is 0.387 e. The van der Waals surface area contributed by atoms with Crippen molar-refractivity contribution in [2.24, 2.45) is 0 Å². The highest BCUT2D eigenvalue weighted by Crippen LogP contribution is 2.14. The molecule has 4 N–H and O–H groups in total. The van der Waals surface area contributed by atoms with Crippen LogP contribution in [0.1, 0.15) is 206 Å². The molecule has 3 unspecified atom stereocenters. The first-order valence-corrected chi connectivity index (χ1v) is 23.6. The van der Waals surface area contributed by atoms with Crippen LogP contribution in [0.15, 0.2) is 48.6 Å². The molecule has 8 heteroatoms. The number of nitrogens with one attached hydrogen (secondary N) is 1. The number of unbranched alkanes of at least 4 members (excludes halogenated alkanes) is 24. The smallest absolute Gasteiger partial charge is 0.267 e. The van der Waals surface area contributed by atoms with Crippen molar-refractivity contribution in [2.75, 3.05) is 5.75 Å². The Morgan fingerprint density at radius 3 is 1.25 bits per heavy atom. The lowest BCUT2D eigenvalue weighted by Crippen LogP contribution is -2.50. The minimum absolute atomic E-state index is 0.263. The molecule has 0 aliphatic heterocycles. The zero-order valence-electron chi connectivity index (χ0n) is 34.2. The van der Waals surface area contributed by atoms with Gasteiger partial charge in [0.15, 0.2) is 0 Å². The van der Waals surface area contributed by atoms with Gasteiger partial charge in [-0.3, -0.25) is 9.35 Å². The highest BCUT2D eigenvalue weighted by Gasteiger charge is 2.27. The third-order valence-corrected chi connectivity index (χ3v) is 10.6. The summed E-state index contributed by atoms with van der Waals surface area (Å²) in [5.74, 6) is -1.57. The lowest BCUT2D eigenvalue weighted by atomic mass is 10.0. The molecule has 0 aromatic heterocycles. The number of aliphatic hydroxyl groups is 2. The van der Waals surface area contributed by atoms with E-state index in [0.717, 1.165) is 51.4 Å². The number of aliphatic hydroxyl groups excluding tert-OH is 2. The fourth-order valence-electron chi connectivity index (χ4n) is 6.42. The normalized spacial score (nSPS) is 14.3. The standard InChI is InChI=1S/C45H83NO6S/c1-3-5-7-9-11-13-15-17-19-21-22-23-24-26-28-30-32-34-36-38-40-44(48)45(49)46-42(41-53(50,51)52)43(47)39-37-35-33-31-29-27-25-20-18-16-14-12-10-8-6-4-2/h18,20,23-24,29,31,37,39,42-44,47-48H,3-17,19,21-22,25-28,30,32-36,38,40-41H2,1-2H3,(H,46,49)(H,50,51,52)/b20-18+,24-23-,31-29+,39-37+. The van der Waals surface area contributed by atoms with E-state index in [9.17, 15) is 28.0 Å². The van der Waals surface area contributed by atoms with Crippen LogP contribution in [0.2, 0.25) is 0 Å². The summed E-state index contributed by atoms with van der Waals surface area (Å²) in [4.78, 5) is 12.6. The van der Waals surface area contributed by atoms with Gasteiger partial charge in [-0.05, 0) is 70.6 Å². The van der Waals surface area contributed by atoms with Gasteiger partial charge in [0.05, 0.1) is 17.9 Å². The summed E-state index contributed by atoms with van der Waals surface area (Å²) < 4.78 is 32.5. The van der Waals surface area contributed by atoms with Gasteiger partial charge in [0.25, 0.3) is 10.1 Å². The van der Waals surface area contributed by atoms with Crippen molar-refractivity contribution < 1.29 is 28.0 Å². The molecule has 0 saturated carbocycles. The van der Waals surface area contributed by atoms with Crippen LogP contribution in [-0.2, 0) is 14.9 Å². The van der Waals surface area contributed by atoms with E-state index in [4.69, 9.17) is 0 Å². The van der Waals surface area contributed by atoms with Gasteiger partial charge < -0.3 is 15.5 Å². The highest BCUT2D eigenvalue weighted by molar-refractivity contribution is 7.85. The zero-order chi connectivity index (χ0) is 39.1. The summed E-state index contributed by atoms with van der Waals surface area (Å²) in [7, 11) is -4.46. The van der Waals surface area contributed by atoms with Gasteiger partial charge in [-0.2, -0.15) is 8.42 Å². The first-order valence-electron chi connectivity index (χ1n) is 21.9. The summed E-state index contributed by atoms with van der Waals surface area (Å²) in [6, 6.07) is -1.26. The van der Waals surface area contributed by atoms with Crippen LogP contribution < -0.4 is 5.32 Å². The molecule has 310 valence electrons. The van der Waals surface area contributed by atoms with Crippen molar-refractivity contribution in [1.29, 1.82) is 0 Å². The highest BCUT2D eigenvalue weighted by atomic mass is 32.2. The van der Waals surface area contributed by atoms with Crippen molar-refractivity contribution in [3.8, 4) is 0 Å². The van der Waals surface area contributed by atoms with E-state index >= 15 is 0 Å². The summed E-state index contributed by atoms with van der Waals surface area (Å²) in [6.45, 7) is 4.51. The van der Waals surface area contributed by atoms with Crippen LogP contribution in [0.5, 0.6) is 0 Å². The number of rotatable bonds is 39. The predicted octanol–water partition coefficient (Wildman–Crippen LogP) is 12.0. The minimum Gasteiger partial charge on any atom is -0.387 e. The molecule has 1 amide bonds. The second kappa shape index (κ2) is 38.5. The average Bonchev–Trinajstić information content (AvgIpc) is 3.12. The Kier molecular flexibility index (Phi) is 37.3. The summed E-state index contributed by atoms with van der Waals surface area (Å²) >= 11 is 0. The van der Waals surface area contributed by atoms with E-state index < -0.39 is 40.0 Å². The number of carbonyl (C=O) groups excluding carboxylic acids is 1. The molecule has 0 rings (SSSR count). The lowest BCUT2D eigenvalue weighted by Gasteiger charge is -2.22. The van der Waals surface area contributed by atoms with Crippen molar-refractivity contribution in [2.45, 2.75) is 225 Å². The van der Waals surface area contributed by atoms with Crippen LogP contribution in [0, 0.1) is 0 Å². The molecule has 0 heterocycles. The maximum absolute atomic E-state index is 12.6. The Bertz CT molecular complexity index is 1040. The molecule has 0 aromatic rings. The molecule has 0 fully saturated rings. The number of amides is 1. The molecule has 0 spiro atoms. The third-order valence-electron chi connectivity index (χ3n) is 9.81. The maximum atomic E-state index is 12.6. The van der Waals surface area contributed by atoms with Crippen molar-refractivity contribution >= 4 is 16.0 Å². The summed E-state index contributed by atoms with van der Waals surface area (Å²) in [5, 5.41) is 23.4. The Morgan fingerprint density at radius 2 is 0.849 bits per heavy atom. The minimum atomic E-state index is -4.46. The molecule has 0 bridgehead atoms. The van der Waals surface area contributed by atoms with E-state index in [0.29, 0.717) is 12.8 Å². The molecule has 3 atom stereocenters. The number of carbonyl (C=O) groups is 1. The number of hydrogen-bond acceptors (Lipinski definition) is 5. The fourth-order valence-corrected chi connectivity index (χ4v) is 7.16. The molecule has 7 nitrogen and oxygen atoms in total. The Labute approximate surface area is 327 Å². The van der Waals surface area contributed by atoms with E-state index in [1.165, 1.54) is 128 Å². The number of allylic oxidation sites excluding steroid dienone is 7. The lowest BCUT2D eigenvalue weighted by molar-refractivity contribution is -0.130. The Balaban J connectivity index is 4.06. The van der Waals surface area contributed by atoms with E-state index in [1.807, 2.05) is 0 Å². The second-order valence-corrected chi connectivity index (χ2v) is 16.6. The van der Waals surface area contributed by atoms with Gasteiger partial charge in [0.1, 0.15) is 6.10 Å². The molecule has 0 saturated heterocycles. The van der Waals surface area contributed by atoms with Crippen molar-refractivity contribution in [3.63, 3.8) is 0 Å². The first-order chi connectivity index (χ1) is 25.7. The summed E-state index contributed by atoms with van der Waals surface area (Å²) in [5.41, 5.74) is 0. The predicted molar refractivity (Wildman–Crippen MR) is 227 cm³/mol. The van der Waals surface area contributed by atoms with Gasteiger partial charge >= 0.3 is 0 Å². The zero-order valence-corrected chi connectivity index (χ0v) is 35.1. The Hall–Kier alpha value is -1.74. The average molecular weight is 766 g/mol. The molecule has 0 aliphatic rings. The van der Waals surface area contributed by atoms with Gasteiger partial charge in [-0.15, -0.1) is 0 Å². The van der Waals surface area contributed by atoms with E-state index in [1.54, 1.807) is 6.08 Å². The van der Waals surface area contributed by atoms with Gasteiger partial charge in [-0.25, -0.2) is 0 Å². The topological polar surface area (TPSA) is 124 Å². The Morgan fingerprint density at radius 1 is 0.509 bits per heavy atom. The third kappa shape index (κ3) is 38.3. The van der Waals surface area contributed by atoms with Crippen LogP contribution >= 0.6 is 0 Å². The number of hydrogen-bond donors (Lipinski definition) is 4. The van der Waals surface area contributed by atoms with Crippen molar-refractivity contribution in [3.05, 3.63) is 48.6 Å². The van der Waals surface area contributed by atoms with Crippen LogP contribution in [0.25, 0.3) is 0 Å². The van der Waals surface area contributed by atoms with E-state index in [2.05, 4.69) is 55.6 Å². The molecule has 0 aliphatic carbocycles. The second-order valence-electron chi connectivity index (χ2n) is 15.1. The quantitative estimate of drug-likeness (QED) is 0.0281. The van der Waals surface area contributed by atoms with Gasteiger partial charge in [-0.1, -0.05) is 184 Å². The van der Waals surface area contributed by atoms with Gasteiger partial charge in [0.2, 0.25) is 5.91 Å². The fraction of sp³-hybridized carbons (Fsp3) is 0.800. The monoisotopic (exact) mass is 766 g/mol.